The highest BCUT2D eigenvalue weighted by Gasteiger charge is 2.29. The molecule has 1 N–H and O–H groups in total. The van der Waals surface area contributed by atoms with Gasteiger partial charge < -0.3 is 10.1 Å². The van der Waals surface area contributed by atoms with E-state index in [1.54, 1.807) is 0 Å². The smallest absolute Gasteiger partial charge is 0.293 e. The van der Waals surface area contributed by atoms with Gasteiger partial charge in [0.05, 0.1) is 23.0 Å². The number of benzene rings is 2. The van der Waals surface area contributed by atoms with Crippen LogP contribution in [0.25, 0.3) is 0 Å². The van der Waals surface area contributed by atoms with Crippen LogP contribution in [0.2, 0.25) is 0 Å². The second kappa shape index (κ2) is 11.6. The minimum atomic E-state index is -3.82. The molecule has 1 aliphatic rings. The monoisotopic (exact) mass is 476 g/mol. The normalized spacial score (nSPS) is 16.0. The third-order valence-electron chi connectivity index (χ3n) is 5.94. The molecule has 0 amide bonds. The minimum absolute atomic E-state index is 0.0776. The Balaban J connectivity index is 1.81. The summed E-state index contributed by atoms with van der Waals surface area (Å²) < 4.78 is 32.4. The van der Waals surface area contributed by atoms with Crippen molar-refractivity contribution in [1.29, 1.82) is 0 Å². The van der Waals surface area contributed by atoms with E-state index in [4.69, 9.17) is 4.74 Å². The summed E-state index contributed by atoms with van der Waals surface area (Å²) in [5, 5.41) is 15.0. The van der Waals surface area contributed by atoms with Crippen LogP contribution in [0.5, 0.6) is 0 Å². The van der Waals surface area contributed by atoms with Crippen molar-refractivity contribution in [2.75, 3.05) is 51.3 Å². The number of nitro benzene ring substituents is 1. The molecule has 1 fully saturated rings. The van der Waals surface area contributed by atoms with Crippen molar-refractivity contribution in [1.82, 2.24) is 9.21 Å². The van der Waals surface area contributed by atoms with E-state index in [1.807, 2.05) is 18.2 Å². The molecule has 0 aliphatic carbocycles. The number of morpholine rings is 1. The summed E-state index contributed by atoms with van der Waals surface area (Å²) in [6, 6.07) is 14.3. The molecule has 1 heterocycles. The van der Waals surface area contributed by atoms with Gasteiger partial charge in [-0.15, -0.1) is 0 Å². The molecular weight excluding hydrogens is 444 g/mol. The number of rotatable bonds is 11. The molecular formula is C23H32N4O5S. The Hall–Kier alpha value is -2.53. The number of hydrogen-bond acceptors (Lipinski definition) is 7. The lowest BCUT2D eigenvalue weighted by Crippen LogP contribution is -2.41. The van der Waals surface area contributed by atoms with Gasteiger partial charge in [0.15, 0.2) is 0 Å². The third kappa shape index (κ3) is 6.29. The van der Waals surface area contributed by atoms with Gasteiger partial charge in [-0.05, 0) is 37.2 Å². The molecule has 0 bridgehead atoms. The summed E-state index contributed by atoms with van der Waals surface area (Å²) in [4.78, 5) is 13.5. The molecule has 0 radical (unpaired) electrons. The average molecular weight is 477 g/mol. The molecule has 1 unspecified atom stereocenters. The molecule has 0 aromatic heterocycles. The van der Waals surface area contributed by atoms with Crippen LogP contribution in [-0.4, -0.2) is 74.5 Å². The van der Waals surface area contributed by atoms with Gasteiger partial charge in [-0.1, -0.05) is 44.2 Å². The largest absolute Gasteiger partial charge is 0.379 e. The fourth-order valence-electron chi connectivity index (χ4n) is 4.09. The number of nitrogens with one attached hydrogen (secondary N) is 1. The highest BCUT2D eigenvalue weighted by Crippen LogP contribution is 2.29. The predicted octanol–water partition coefficient (Wildman–Crippen LogP) is 2.98. The number of ether oxygens (including phenoxy) is 1. The maximum atomic E-state index is 12.9. The summed E-state index contributed by atoms with van der Waals surface area (Å²) in [6.07, 6.45) is 0.798. The van der Waals surface area contributed by atoms with Crippen LogP contribution in [0.3, 0.4) is 0 Å². The minimum Gasteiger partial charge on any atom is -0.379 e. The Labute approximate surface area is 195 Å². The van der Waals surface area contributed by atoms with Crippen molar-refractivity contribution >= 4 is 21.4 Å². The second-order valence-corrected chi connectivity index (χ2v) is 9.84. The van der Waals surface area contributed by atoms with Crippen LogP contribution in [0.15, 0.2) is 53.4 Å². The standard InChI is InChI=1S/C23H32N4O5S/c1-3-25(4-2)20(16-19-8-6-5-7-9-19)18-24-22-11-10-21(17-23(22)27(28)29)33(30,31)26-12-14-32-15-13-26/h5-11,17,20,24H,3-4,12-16,18H2,1-2H3. The second-order valence-electron chi connectivity index (χ2n) is 7.90. The average Bonchev–Trinajstić information content (AvgIpc) is 2.84. The highest BCUT2D eigenvalue weighted by molar-refractivity contribution is 7.89. The zero-order valence-electron chi connectivity index (χ0n) is 19.1. The SMILES string of the molecule is CCN(CC)C(CNc1ccc(S(=O)(=O)N2CCOCC2)cc1[N+](=O)[O-])Cc1ccccc1. The number of hydrogen-bond donors (Lipinski definition) is 1. The van der Waals surface area contributed by atoms with Crippen LogP contribution in [0.4, 0.5) is 11.4 Å². The van der Waals surface area contributed by atoms with Crippen molar-refractivity contribution in [3.63, 3.8) is 0 Å². The van der Waals surface area contributed by atoms with Crippen molar-refractivity contribution in [2.24, 2.45) is 0 Å². The van der Waals surface area contributed by atoms with E-state index in [1.165, 1.54) is 22.0 Å². The van der Waals surface area contributed by atoms with Crippen molar-refractivity contribution in [3.8, 4) is 0 Å². The Morgan fingerprint density at radius 3 is 2.39 bits per heavy atom. The lowest BCUT2D eigenvalue weighted by atomic mass is 10.0. The zero-order chi connectivity index (χ0) is 23.8. The molecule has 1 atom stereocenters. The number of anilines is 1. The summed E-state index contributed by atoms with van der Waals surface area (Å²) in [7, 11) is -3.82. The number of likely N-dealkylation sites (N-methyl/N-ethyl adjacent to an activating group) is 1. The molecule has 180 valence electrons. The van der Waals surface area contributed by atoms with Crippen molar-refractivity contribution in [2.45, 2.75) is 31.2 Å². The van der Waals surface area contributed by atoms with Gasteiger partial charge in [0, 0.05) is 31.7 Å². The van der Waals surface area contributed by atoms with Gasteiger partial charge in [-0.25, -0.2) is 8.42 Å². The molecule has 0 saturated carbocycles. The fraction of sp³-hybridized carbons (Fsp3) is 0.478. The molecule has 2 aromatic rings. The fourth-order valence-corrected chi connectivity index (χ4v) is 5.52. The Kier molecular flexibility index (Phi) is 8.79. The quantitative estimate of drug-likeness (QED) is 0.393. The van der Waals surface area contributed by atoms with E-state index in [2.05, 4.69) is 36.2 Å². The topological polar surface area (TPSA) is 105 Å². The maximum Gasteiger partial charge on any atom is 0.293 e. The first-order valence-electron chi connectivity index (χ1n) is 11.2. The van der Waals surface area contributed by atoms with E-state index >= 15 is 0 Å². The summed E-state index contributed by atoms with van der Waals surface area (Å²) in [5.74, 6) is 0. The van der Waals surface area contributed by atoms with Gasteiger partial charge >= 0.3 is 0 Å². The summed E-state index contributed by atoms with van der Waals surface area (Å²) in [6.45, 7) is 7.49. The zero-order valence-corrected chi connectivity index (χ0v) is 20.0. The number of nitrogens with zero attached hydrogens (tertiary/aromatic N) is 3. The van der Waals surface area contributed by atoms with Gasteiger partial charge in [-0.3, -0.25) is 15.0 Å². The molecule has 1 saturated heterocycles. The van der Waals surface area contributed by atoms with E-state index in [-0.39, 0.29) is 29.7 Å². The highest BCUT2D eigenvalue weighted by atomic mass is 32.2. The van der Waals surface area contributed by atoms with Crippen molar-refractivity contribution < 1.29 is 18.1 Å². The van der Waals surface area contributed by atoms with Crippen LogP contribution in [0.1, 0.15) is 19.4 Å². The number of nitro groups is 1. The Morgan fingerprint density at radius 2 is 1.79 bits per heavy atom. The lowest BCUT2D eigenvalue weighted by molar-refractivity contribution is -0.384. The van der Waals surface area contributed by atoms with Gasteiger partial charge in [0.25, 0.3) is 5.69 Å². The molecule has 0 spiro atoms. The van der Waals surface area contributed by atoms with E-state index in [0.29, 0.717) is 25.4 Å². The molecule has 1 aliphatic heterocycles. The predicted molar refractivity (Wildman–Crippen MR) is 128 cm³/mol. The molecule has 3 rings (SSSR count). The lowest BCUT2D eigenvalue weighted by Gasteiger charge is -2.30. The van der Waals surface area contributed by atoms with E-state index in [0.717, 1.165) is 25.6 Å². The number of sulfonamides is 1. The maximum absolute atomic E-state index is 12.9. The van der Waals surface area contributed by atoms with Crippen molar-refractivity contribution in [3.05, 3.63) is 64.2 Å². The van der Waals surface area contributed by atoms with Crippen LogP contribution in [0, 0.1) is 10.1 Å². The Bertz CT molecular complexity index is 1020. The van der Waals surface area contributed by atoms with Gasteiger partial charge in [-0.2, -0.15) is 4.31 Å². The van der Waals surface area contributed by atoms with E-state index in [9.17, 15) is 18.5 Å². The first-order valence-corrected chi connectivity index (χ1v) is 12.7. The van der Waals surface area contributed by atoms with Gasteiger partial charge in [0.1, 0.15) is 5.69 Å². The Morgan fingerprint density at radius 1 is 1.12 bits per heavy atom. The summed E-state index contributed by atoms with van der Waals surface area (Å²) in [5.41, 5.74) is 1.26. The van der Waals surface area contributed by atoms with E-state index < -0.39 is 14.9 Å². The molecule has 9 nitrogen and oxygen atoms in total. The summed E-state index contributed by atoms with van der Waals surface area (Å²) >= 11 is 0. The third-order valence-corrected chi connectivity index (χ3v) is 7.84. The molecule has 2 aromatic carbocycles. The first-order chi connectivity index (χ1) is 15.9. The van der Waals surface area contributed by atoms with Crippen LogP contribution in [-0.2, 0) is 21.2 Å². The van der Waals surface area contributed by atoms with Crippen LogP contribution >= 0.6 is 0 Å². The molecule has 33 heavy (non-hydrogen) atoms. The molecule has 10 heteroatoms. The first kappa shape index (κ1) is 25.1. The van der Waals surface area contributed by atoms with Crippen LogP contribution < -0.4 is 5.32 Å². The van der Waals surface area contributed by atoms with Gasteiger partial charge in [0.2, 0.25) is 10.0 Å².